The number of aliphatic hydroxyl groups is 1. The molecule has 0 aliphatic carbocycles. The first kappa shape index (κ1) is 45.9. The van der Waals surface area contributed by atoms with Gasteiger partial charge in [0, 0.05) is 31.8 Å². The van der Waals surface area contributed by atoms with Crippen LogP contribution in [0, 0.1) is 0 Å². The molecule has 0 aromatic heterocycles. The number of nitrogens with zero attached hydrogens (tertiary/aromatic N) is 2. The highest BCUT2D eigenvalue weighted by atomic mass is 32.2. The predicted molar refractivity (Wildman–Crippen MR) is 202 cm³/mol. The minimum Gasteiger partial charge on any atom is -0.461 e. The number of allylic oxidation sites excluding steroid dienone is 1. The lowest BCUT2D eigenvalue weighted by Gasteiger charge is -2.25. The Morgan fingerprint density at radius 3 is 1.87 bits per heavy atom. The molecule has 0 heterocycles. The molecular weight excluding hydrogens is 609 g/mol. The Hall–Kier alpha value is -1.09. The van der Waals surface area contributed by atoms with E-state index in [1.54, 1.807) is 0 Å². The average Bonchev–Trinajstić information content (AvgIpc) is 3.04. The van der Waals surface area contributed by atoms with Crippen molar-refractivity contribution >= 4 is 23.0 Å². The third kappa shape index (κ3) is 31.9. The second kappa shape index (κ2) is 34.8. The lowest BCUT2D eigenvalue weighted by molar-refractivity contribution is -0.144. The zero-order valence-corrected chi connectivity index (χ0v) is 32.3. The smallest absolute Gasteiger partial charge is 0.306 e. The van der Waals surface area contributed by atoms with Gasteiger partial charge < -0.3 is 24.4 Å². The number of esters is 1. The van der Waals surface area contributed by atoms with Gasteiger partial charge in [0.15, 0.2) is 6.29 Å². The van der Waals surface area contributed by atoms with Crippen molar-refractivity contribution in [3.63, 3.8) is 0 Å². The molecule has 8 heteroatoms. The van der Waals surface area contributed by atoms with Crippen LogP contribution < -0.4 is 0 Å². The molecule has 7 nitrogen and oxygen atoms in total. The fraction of sp³-hybridized carbons (Fsp3) is 0.897. The SMILES string of the molecule is CCCCCC/C=C\COC(=O)CCCCCN(CCCC(O)OC(CCCCCCC)CCCCCCC)C(=O)SCCN(C)C. The second-order valence-electron chi connectivity index (χ2n) is 13.5. The van der Waals surface area contributed by atoms with Crippen LogP contribution in [0.3, 0.4) is 0 Å². The molecule has 0 saturated carbocycles. The van der Waals surface area contributed by atoms with Gasteiger partial charge in [0.25, 0.3) is 5.24 Å². The first-order valence-corrected chi connectivity index (χ1v) is 20.5. The zero-order valence-electron chi connectivity index (χ0n) is 31.5. The molecule has 1 atom stereocenters. The van der Waals surface area contributed by atoms with E-state index >= 15 is 0 Å². The van der Waals surface area contributed by atoms with E-state index in [0.717, 1.165) is 63.7 Å². The summed E-state index contributed by atoms with van der Waals surface area (Å²) in [6.07, 6.45) is 28.0. The van der Waals surface area contributed by atoms with E-state index in [1.165, 1.54) is 88.8 Å². The summed E-state index contributed by atoms with van der Waals surface area (Å²) in [5.74, 6) is 0.604. The number of rotatable bonds is 34. The molecule has 0 spiro atoms. The molecule has 0 aliphatic rings. The highest BCUT2D eigenvalue weighted by Crippen LogP contribution is 2.19. The van der Waals surface area contributed by atoms with Crippen molar-refractivity contribution in [1.82, 2.24) is 9.80 Å². The van der Waals surface area contributed by atoms with E-state index in [1.807, 2.05) is 25.1 Å². The highest BCUT2D eigenvalue weighted by molar-refractivity contribution is 8.13. The van der Waals surface area contributed by atoms with Gasteiger partial charge in [0.2, 0.25) is 0 Å². The van der Waals surface area contributed by atoms with Gasteiger partial charge in [-0.2, -0.15) is 0 Å². The van der Waals surface area contributed by atoms with Crippen LogP contribution in [0.25, 0.3) is 0 Å². The number of hydrogen-bond donors (Lipinski definition) is 1. The van der Waals surface area contributed by atoms with Crippen LogP contribution in [0.2, 0.25) is 0 Å². The Bertz CT molecular complexity index is 722. The number of unbranched alkanes of at least 4 members (excludes halogenated alkanes) is 14. The standard InChI is InChI=1S/C39H76N2O5S/c1-6-9-12-15-16-19-25-34-45-37(42)29-23-20-24-31-41(39(44)47-35-33-40(4)5)32-26-30-38(43)46-36(27-21-17-13-10-7-2)28-22-18-14-11-8-3/h19,25,36,38,43H,6-18,20-24,26-35H2,1-5H3/b25-19-. The van der Waals surface area contributed by atoms with E-state index in [-0.39, 0.29) is 17.3 Å². The van der Waals surface area contributed by atoms with Gasteiger partial charge in [-0.3, -0.25) is 9.59 Å². The van der Waals surface area contributed by atoms with Gasteiger partial charge in [-0.1, -0.05) is 135 Å². The summed E-state index contributed by atoms with van der Waals surface area (Å²) in [5, 5.41) is 10.9. The molecule has 0 aromatic carbocycles. The molecule has 0 aromatic rings. The molecule has 1 amide bonds. The van der Waals surface area contributed by atoms with Gasteiger partial charge >= 0.3 is 5.97 Å². The molecule has 0 rings (SSSR count). The maximum atomic E-state index is 13.1. The lowest BCUT2D eigenvalue weighted by atomic mass is 10.0. The number of carbonyl (C=O) groups excluding carboxylic acids is 2. The number of amides is 1. The Morgan fingerprint density at radius 2 is 1.26 bits per heavy atom. The summed E-state index contributed by atoms with van der Waals surface area (Å²) >= 11 is 1.37. The van der Waals surface area contributed by atoms with Crippen LogP contribution in [-0.4, -0.2) is 84.6 Å². The zero-order chi connectivity index (χ0) is 34.8. The summed E-state index contributed by atoms with van der Waals surface area (Å²) in [7, 11) is 4.04. The minimum atomic E-state index is -0.786. The summed E-state index contributed by atoms with van der Waals surface area (Å²) in [5.41, 5.74) is 0. The van der Waals surface area contributed by atoms with Crippen molar-refractivity contribution in [3.05, 3.63) is 12.2 Å². The van der Waals surface area contributed by atoms with Crippen LogP contribution >= 0.6 is 11.8 Å². The van der Waals surface area contributed by atoms with Crippen LogP contribution in [0.5, 0.6) is 0 Å². The summed E-state index contributed by atoms with van der Waals surface area (Å²) in [6.45, 7) is 9.18. The molecule has 278 valence electrons. The predicted octanol–water partition coefficient (Wildman–Crippen LogP) is 10.5. The number of ether oxygens (including phenoxy) is 2. The van der Waals surface area contributed by atoms with Crippen molar-refractivity contribution in [1.29, 1.82) is 0 Å². The van der Waals surface area contributed by atoms with E-state index in [9.17, 15) is 14.7 Å². The van der Waals surface area contributed by atoms with Crippen LogP contribution in [0.1, 0.15) is 168 Å². The average molecular weight is 685 g/mol. The summed E-state index contributed by atoms with van der Waals surface area (Å²) in [6, 6.07) is 0. The molecule has 0 saturated heterocycles. The minimum absolute atomic E-state index is 0.0974. The van der Waals surface area contributed by atoms with Crippen molar-refractivity contribution in [3.8, 4) is 0 Å². The topological polar surface area (TPSA) is 79.3 Å². The molecule has 0 radical (unpaired) electrons. The van der Waals surface area contributed by atoms with Crippen LogP contribution in [-0.2, 0) is 14.3 Å². The molecule has 1 unspecified atom stereocenters. The van der Waals surface area contributed by atoms with Crippen molar-refractivity contribution in [2.75, 3.05) is 46.1 Å². The Morgan fingerprint density at radius 1 is 0.681 bits per heavy atom. The van der Waals surface area contributed by atoms with Crippen LogP contribution in [0.15, 0.2) is 12.2 Å². The largest absolute Gasteiger partial charge is 0.461 e. The number of hydrogen-bond acceptors (Lipinski definition) is 7. The van der Waals surface area contributed by atoms with Crippen molar-refractivity contribution in [2.24, 2.45) is 0 Å². The maximum absolute atomic E-state index is 13.1. The quantitative estimate of drug-likeness (QED) is 0.0313. The first-order valence-electron chi connectivity index (χ1n) is 19.5. The molecule has 0 bridgehead atoms. The fourth-order valence-electron chi connectivity index (χ4n) is 5.52. The normalized spacial score (nSPS) is 12.4. The first-order chi connectivity index (χ1) is 22.8. The molecular formula is C39H76N2O5S. The molecule has 0 aliphatic heterocycles. The maximum Gasteiger partial charge on any atom is 0.306 e. The van der Waals surface area contributed by atoms with Crippen molar-refractivity contribution in [2.45, 2.75) is 181 Å². The van der Waals surface area contributed by atoms with Gasteiger partial charge in [-0.05, 0) is 65.5 Å². The molecule has 1 N–H and O–H groups in total. The number of aliphatic hydroxyl groups excluding tert-OH is 1. The fourth-order valence-corrected chi connectivity index (χ4v) is 6.51. The third-order valence-corrected chi connectivity index (χ3v) is 9.44. The van der Waals surface area contributed by atoms with Gasteiger partial charge in [0.05, 0.1) is 6.10 Å². The van der Waals surface area contributed by atoms with Gasteiger partial charge in [0.1, 0.15) is 6.61 Å². The van der Waals surface area contributed by atoms with E-state index < -0.39 is 6.29 Å². The van der Waals surface area contributed by atoms with Gasteiger partial charge in [-0.25, -0.2) is 0 Å². The monoisotopic (exact) mass is 685 g/mol. The summed E-state index contributed by atoms with van der Waals surface area (Å²) < 4.78 is 11.5. The van der Waals surface area contributed by atoms with Crippen LogP contribution in [0.4, 0.5) is 4.79 Å². The van der Waals surface area contributed by atoms with E-state index in [0.29, 0.717) is 39.0 Å². The Labute approximate surface area is 295 Å². The number of thioether (sulfide) groups is 1. The van der Waals surface area contributed by atoms with Gasteiger partial charge in [-0.15, -0.1) is 0 Å². The lowest BCUT2D eigenvalue weighted by Crippen LogP contribution is -2.32. The Kier molecular flexibility index (Phi) is 34.0. The highest BCUT2D eigenvalue weighted by Gasteiger charge is 2.18. The van der Waals surface area contributed by atoms with Crippen molar-refractivity contribution < 1.29 is 24.2 Å². The third-order valence-electron chi connectivity index (χ3n) is 8.55. The molecule has 0 fully saturated rings. The summed E-state index contributed by atoms with van der Waals surface area (Å²) in [4.78, 5) is 29.2. The molecule has 47 heavy (non-hydrogen) atoms. The second-order valence-corrected chi connectivity index (χ2v) is 14.5. The Balaban J connectivity index is 4.62. The number of carbonyl (C=O) groups is 2. The van der Waals surface area contributed by atoms with E-state index in [4.69, 9.17) is 9.47 Å². The van der Waals surface area contributed by atoms with E-state index in [2.05, 4.69) is 31.7 Å².